The van der Waals surface area contributed by atoms with Crippen molar-refractivity contribution < 1.29 is 55.7 Å². The minimum atomic E-state index is -2.72. The van der Waals surface area contributed by atoms with Crippen LogP contribution in [0.5, 0.6) is 17.2 Å². The van der Waals surface area contributed by atoms with Crippen LogP contribution in [0.2, 0.25) is 0 Å². The number of hydrogen-bond acceptors (Lipinski definition) is 10. The molecule has 63 heavy (non-hydrogen) atoms. The topological polar surface area (TPSA) is 141 Å². The lowest BCUT2D eigenvalue weighted by molar-refractivity contribution is -0.125. The van der Waals surface area contributed by atoms with Gasteiger partial charge in [0.15, 0.2) is 44.5 Å². The van der Waals surface area contributed by atoms with Crippen LogP contribution in [-0.4, -0.2) is 66.8 Å². The Morgan fingerprint density at radius 3 is 1.84 bits per heavy atom. The summed E-state index contributed by atoms with van der Waals surface area (Å²) in [6, 6.07) is 16.2. The number of hydrogen-bond donors (Lipinski definition) is 1. The van der Waals surface area contributed by atoms with E-state index >= 15 is 8.78 Å². The molecule has 326 valence electrons. The average Bonchev–Trinajstić information content (AvgIpc) is 3.61. The van der Waals surface area contributed by atoms with Crippen LogP contribution in [0.1, 0.15) is 18.4 Å². The number of allylic oxidation sites excluding steroid dienone is 3. The largest absolute Gasteiger partial charge is 0.502 e. The molecule has 2 aliphatic heterocycles. The zero-order valence-electron chi connectivity index (χ0n) is 33.5. The van der Waals surface area contributed by atoms with Gasteiger partial charge in [0.1, 0.15) is 5.69 Å². The van der Waals surface area contributed by atoms with Crippen LogP contribution in [0.4, 0.5) is 50.4 Å². The SMILES string of the molecule is COc1cc(C=C[C@H]2C3=CC[C@@H]4C(=O)N(c5ccc(N=Nc6ccc(N(C)C)cc6)cc5)C(=O)[C@@H]4[C@@H]3C[C@@]3(Cl)C(=O)N(c4c(F)c(F)c(F)c(F)c4F)C(=O)[C@@]23Cl)cc(OC)c1O. The molecule has 0 spiro atoms. The van der Waals surface area contributed by atoms with E-state index in [-0.39, 0.29) is 45.4 Å². The summed E-state index contributed by atoms with van der Waals surface area (Å²) in [7, 11) is 6.36. The van der Waals surface area contributed by atoms with Gasteiger partial charge in [-0.25, -0.2) is 26.9 Å². The fraction of sp³-hybridized carbons (Fsp3) is 0.273. The van der Waals surface area contributed by atoms with Crippen molar-refractivity contribution >= 4 is 81.3 Å². The molecule has 3 fully saturated rings. The molecule has 1 N–H and O–H groups in total. The Morgan fingerprint density at radius 2 is 1.30 bits per heavy atom. The summed E-state index contributed by atoms with van der Waals surface area (Å²) in [5.41, 5.74) is 0.784. The number of anilines is 3. The smallest absolute Gasteiger partial charge is 0.258 e. The number of benzene rings is 4. The summed E-state index contributed by atoms with van der Waals surface area (Å²) in [6.45, 7) is 0. The zero-order valence-corrected chi connectivity index (χ0v) is 35.0. The maximum absolute atomic E-state index is 15.4. The van der Waals surface area contributed by atoms with E-state index in [9.17, 15) is 37.5 Å². The summed E-state index contributed by atoms with van der Waals surface area (Å²) < 4.78 is 84.7. The molecule has 0 radical (unpaired) electrons. The van der Waals surface area contributed by atoms with Crippen LogP contribution >= 0.6 is 23.2 Å². The first-order chi connectivity index (χ1) is 29.9. The second kappa shape index (κ2) is 15.8. The fourth-order valence-corrected chi connectivity index (χ4v) is 9.78. The molecule has 4 amide bonds. The number of ether oxygens (including phenoxy) is 2. The monoisotopic (exact) mass is 909 g/mol. The number of halogens is 7. The molecule has 8 rings (SSSR count). The van der Waals surface area contributed by atoms with E-state index in [2.05, 4.69) is 10.2 Å². The highest BCUT2D eigenvalue weighted by molar-refractivity contribution is 6.58. The van der Waals surface area contributed by atoms with Crippen molar-refractivity contribution in [3.8, 4) is 17.2 Å². The molecule has 0 bridgehead atoms. The third kappa shape index (κ3) is 6.53. The molecular formula is C44H34Cl2F5N5O7. The molecule has 6 atom stereocenters. The van der Waals surface area contributed by atoms with Crippen LogP contribution in [0, 0.1) is 52.8 Å². The number of nitrogens with zero attached hydrogens (tertiary/aromatic N) is 5. The number of phenols is 1. The molecule has 2 heterocycles. The summed E-state index contributed by atoms with van der Waals surface area (Å²) in [6.07, 6.45) is 3.55. The van der Waals surface area contributed by atoms with E-state index in [1.807, 2.05) is 31.1 Å². The van der Waals surface area contributed by atoms with Gasteiger partial charge in [-0.05, 0) is 85.0 Å². The molecule has 12 nitrogen and oxygen atoms in total. The third-order valence-corrected chi connectivity index (χ3v) is 13.4. The van der Waals surface area contributed by atoms with Gasteiger partial charge >= 0.3 is 0 Å². The number of methoxy groups -OCH3 is 2. The van der Waals surface area contributed by atoms with Crippen LogP contribution in [-0.2, 0) is 19.2 Å². The van der Waals surface area contributed by atoms with Gasteiger partial charge < -0.3 is 19.5 Å². The van der Waals surface area contributed by atoms with Crippen LogP contribution < -0.4 is 24.2 Å². The number of carbonyl (C=O) groups excluding carboxylic acids is 4. The second-order valence-electron chi connectivity index (χ2n) is 15.5. The molecule has 0 unspecified atom stereocenters. The van der Waals surface area contributed by atoms with E-state index in [1.165, 1.54) is 50.6 Å². The maximum Gasteiger partial charge on any atom is 0.258 e. The number of amides is 4. The first-order valence-electron chi connectivity index (χ1n) is 19.2. The van der Waals surface area contributed by atoms with Crippen molar-refractivity contribution in [3.05, 3.63) is 113 Å². The van der Waals surface area contributed by atoms with Gasteiger partial charge in [-0.1, -0.05) is 23.8 Å². The maximum atomic E-state index is 15.4. The molecule has 4 aromatic rings. The van der Waals surface area contributed by atoms with Gasteiger partial charge in [-0.2, -0.15) is 10.2 Å². The predicted octanol–water partition coefficient (Wildman–Crippen LogP) is 8.90. The van der Waals surface area contributed by atoms with Crippen LogP contribution in [0.15, 0.2) is 88.6 Å². The van der Waals surface area contributed by atoms with Gasteiger partial charge in [0.25, 0.3) is 11.8 Å². The Hall–Kier alpha value is -6.33. The number of imide groups is 2. The minimum absolute atomic E-state index is 0.0340. The fourth-order valence-electron chi connectivity index (χ4n) is 8.89. The van der Waals surface area contributed by atoms with Crippen molar-refractivity contribution in [2.45, 2.75) is 22.6 Å². The lowest BCUT2D eigenvalue weighted by Crippen LogP contribution is -2.60. The Bertz CT molecular complexity index is 2660. The Labute approximate surface area is 365 Å². The van der Waals surface area contributed by atoms with Crippen molar-refractivity contribution in [2.75, 3.05) is 43.0 Å². The molecular weight excluding hydrogens is 876 g/mol. The van der Waals surface area contributed by atoms with Crippen molar-refractivity contribution in [1.29, 1.82) is 0 Å². The third-order valence-electron chi connectivity index (χ3n) is 12.0. The highest BCUT2D eigenvalue weighted by atomic mass is 35.5. The molecule has 4 aromatic carbocycles. The van der Waals surface area contributed by atoms with Gasteiger partial charge in [-0.15, -0.1) is 23.2 Å². The second-order valence-corrected chi connectivity index (χ2v) is 16.8. The first-order valence-corrected chi connectivity index (χ1v) is 19.9. The molecule has 2 aliphatic carbocycles. The Balaban J connectivity index is 1.19. The van der Waals surface area contributed by atoms with Crippen molar-refractivity contribution in [3.63, 3.8) is 0 Å². The lowest BCUT2D eigenvalue weighted by atomic mass is 9.57. The van der Waals surface area contributed by atoms with Crippen molar-refractivity contribution in [1.82, 2.24) is 0 Å². The number of azo groups is 1. The van der Waals surface area contributed by atoms with Gasteiger partial charge in [0.2, 0.25) is 23.4 Å². The Kier molecular flexibility index (Phi) is 10.9. The standard InChI is InChI=1S/C44H34Cl2F5N5O7/c1-54(2)23-10-6-21(7-11-23)52-53-22-8-12-24(13-9-22)55-39(58)26-15-14-25-27(31(26)40(55)59)19-43(45)41(60)56(37-35(50)33(48)32(47)34(49)36(37)51)42(61)44(43,46)28(25)16-5-20-17-29(62-3)38(57)30(18-20)63-4/h5-14,16-18,26-28,31,57H,15,19H2,1-4H3/t26-,27+,28-,31-,43+,44-/m0/s1. The summed E-state index contributed by atoms with van der Waals surface area (Å²) in [5, 5.41) is 19.0. The average molecular weight is 911 g/mol. The van der Waals surface area contributed by atoms with Crippen LogP contribution in [0.25, 0.3) is 6.08 Å². The zero-order chi connectivity index (χ0) is 45.4. The van der Waals surface area contributed by atoms with Gasteiger partial charge in [0, 0.05) is 25.7 Å². The summed E-state index contributed by atoms with van der Waals surface area (Å²) in [5.74, 6) is -22.2. The highest BCUT2D eigenvalue weighted by Crippen LogP contribution is 2.64. The molecule has 1 saturated carbocycles. The van der Waals surface area contributed by atoms with E-state index in [4.69, 9.17) is 32.7 Å². The quantitative estimate of drug-likeness (QED) is 0.0334. The number of phenolic OH excluding ortho intramolecular Hbond substituents is 1. The number of aromatic hydroxyl groups is 1. The van der Waals surface area contributed by atoms with Gasteiger partial charge in [-0.3, -0.25) is 24.1 Å². The molecule has 4 aliphatic rings. The minimum Gasteiger partial charge on any atom is -0.502 e. The normalized spacial score (nSPS) is 25.5. The van der Waals surface area contributed by atoms with Crippen molar-refractivity contribution in [2.24, 2.45) is 33.9 Å². The van der Waals surface area contributed by atoms with E-state index < -0.39 is 98.2 Å². The predicted molar refractivity (Wildman–Crippen MR) is 221 cm³/mol. The number of rotatable bonds is 9. The number of carbonyl (C=O) groups is 4. The lowest BCUT2D eigenvalue weighted by Gasteiger charge is -2.49. The van der Waals surface area contributed by atoms with E-state index in [0.29, 0.717) is 11.4 Å². The number of alkyl halides is 2. The van der Waals surface area contributed by atoms with Gasteiger partial charge in [0.05, 0.1) is 43.1 Å². The number of fused-ring (bicyclic) bond motifs is 4. The van der Waals surface area contributed by atoms with Crippen LogP contribution in [0.3, 0.4) is 0 Å². The highest BCUT2D eigenvalue weighted by Gasteiger charge is 2.76. The molecule has 0 aromatic heterocycles. The van der Waals surface area contributed by atoms with E-state index in [0.717, 1.165) is 10.6 Å². The molecule has 19 heteroatoms. The van der Waals surface area contributed by atoms with E-state index in [1.54, 1.807) is 30.3 Å². The molecule has 2 saturated heterocycles. The Morgan fingerprint density at radius 1 is 0.762 bits per heavy atom. The first kappa shape index (κ1) is 43.3. The summed E-state index contributed by atoms with van der Waals surface area (Å²) in [4.78, 5) is 54.9. The summed E-state index contributed by atoms with van der Waals surface area (Å²) >= 11 is 14.4.